The van der Waals surface area contributed by atoms with Crippen molar-refractivity contribution in [3.05, 3.63) is 0 Å². The molecule has 0 aliphatic heterocycles. The highest BCUT2D eigenvalue weighted by molar-refractivity contribution is 7.98. The number of nitrogens with one attached hydrogen (secondary N) is 3. The van der Waals surface area contributed by atoms with E-state index in [4.69, 9.17) is 28.0 Å². The fraction of sp³-hybridized carbons (Fsp3) is 0.667. The first-order valence-corrected chi connectivity index (χ1v) is 13.1. The highest BCUT2D eigenvalue weighted by Crippen LogP contribution is 2.07. The SMILES string of the molecule is CSCCC(NC(=O)C(CCC(=O)O)NC(=O)C(N)CCC(N)=O)C(=O)NC(CCCN=C(N)N)C(=O)O. The normalized spacial score (nSPS) is 13.7. The van der Waals surface area contributed by atoms with Crippen LogP contribution in [0, 0.1) is 0 Å². The summed E-state index contributed by atoms with van der Waals surface area (Å²) in [6.07, 6.45) is 1.11. The number of primary amides is 1. The van der Waals surface area contributed by atoms with Gasteiger partial charge in [-0.2, -0.15) is 11.8 Å². The molecule has 0 fully saturated rings. The van der Waals surface area contributed by atoms with Crippen LogP contribution in [0.3, 0.4) is 0 Å². The molecule has 16 nitrogen and oxygen atoms in total. The molecule has 4 atom stereocenters. The smallest absolute Gasteiger partial charge is 0.326 e. The predicted molar refractivity (Wildman–Crippen MR) is 140 cm³/mol. The number of aliphatic carboxylic acids is 2. The van der Waals surface area contributed by atoms with E-state index in [0.29, 0.717) is 5.75 Å². The minimum atomic E-state index is -1.36. The number of aliphatic imine (C=N–C) groups is 1. The number of nitrogens with two attached hydrogens (primary N) is 4. The molecule has 4 unspecified atom stereocenters. The molecule has 0 saturated carbocycles. The molecule has 0 bridgehead atoms. The van der Waals surface area contributed by atoms with Gasteiger partial charge in [-0.05, 0) is 44.1 Å². The van der Waals surface area contributed by atoms with Crippen molar-refractivity contribution in [3.8, 4) is 0 Å². The number of carbonyl (C=O) groups is 6. The van der Waals surface area contributed by atoms with Gasteiger partial charge in [0.15, 0.2) is 5.96 Å². The van der Waals surface area contributed by atoms with Gasteiger partial charge in [-0.3, -0.25) is 29.0 Å². The van der Waals surface area contributed by atoms with Gasteiger partial charge < -0.3 is 49.1 Å². The summed E-state index contributed by atoms with van der Waals surface area (Å²) in [5, 5.41) is 25.7. The lowest BCUT2D eigenvalue weighted by Gasteiger charge is -2.25. The van der Waals surface area contributed by atoms with Crippen LogP contribution in [0.25, 0.3) is 0 Å². The second-order valence-electron chi connectivity index (χ2n) is 8.30. The minimum Gasteiger partial charge on any atom is -0.481 e. The van der Waals surface area contributed by atoms with Gasteiger partial charge in [0.25, 0.3) is 0 Å². The molecule has 0 saturated heterocycles. The van der Waals surface area contributed by atoms with Crippen LogP contribution < -0.4 is 38.9 Å². The molecule has 0 radical (unpaired) electrons. The largest absolute Gasteiger partial charge is 0.481 e. The third kappa shape index (κ3) is 15.5. The van der Waals surface area contributed by atoms with Crippen LogP contribution in [0.15, 0.2) is 4.99 Å². The number of guanidine groups is 1. The Labute approximate surface area is 224 Å². The highest BCUT2D eigenvalue weighted by Gasteiger charge is 2.30. The zero-order valence-electron chi connectivity index (χ0n) is 21.2. The molecule has 216 valence electrons. The second-order valence-corrected chi connectivity index (χ2v) is 9.28. The maximum absolute atomic E-state index is 13.0. The molecule has 0 aromatic carbocycles. The summed E-state index contributed by atoms with van der Waals surface area (Å²) in [7, 11) is 0. The van der Waals surface area contributed by atoms with E-state index in [2.05, 4.69) is 20.9 Å². The first-order chi connectivity index (χ1) is 17.8. The van der Waals surface area contributed by atoms with Gasteiger partial charge in [0.1, 0.15) is 18.1 Å². The lowest BCUT2D eigenvalue weighted by Crippen LogP contribution is -2.57. The Hall–Kier alpha value is -3.60. The summed E-state index contributed by atoms with van der Waals surface area (Å²) in [6.45, 7) is 0.154. The van der Waals surface area contributed by atoms with Gasteiger partial charge in [-0.1, -0.05) is 0 Å². The molecule has 4 amide bonds. The summed E-state index contributed by atoms with van der Waals surface area (Å²) in [5.41, 5.74) is 21.2. The number of carbonyl (C=O) groups excluding carboxylic acids is 4. The van der Waals surface area contributed by atoms with Gasteiger partial charge >= 0.3 is 11.9 Å². The van der Waals surface area contributed by atoms with Crippen LogP contribution in [-0.2, 0) is 28.8 Å². The van der Waals surface area contributed by atoms with Crippen LogP contribution in [0.1, 0.15) is 44.9 Å². The van der Waals surface area contributed by atoms with E-state index in [-0.39, 0.29) is 51.0 Å². The fourth-order valence-electron chi connectivity index (χ4n) is 3.05. The van der Waals surface area contributed by atoms with E-state index < -0.39 is 66.2 Å². The van der Waals surface area contributed by atoms with Crippen molar-refractivity contribution in [1.29, 1.82) is 0 Å². The maximum atomic E-state index is 13.0. The zero-order valence-corrected chi connectivity index (χ0v) is 22.0. The van der Waals surface area contributed by atoms with E-state index in [1.807, 2.05) is 0 Å². The van der Waals surface area contributed by atoms with Gasteiger partial charge in [0, 0.05) is 19.4 Å². The predicted octanol–water partition coefficient (Wildman–Crippen LogP) is -3.21. The zero-order chi connectivity index (χ0) is 29.3. The summed E-state index contributed by atoms with van der Waals surface area (Å²) in [6, 6.07) is -5.01. The molecule has 17 heteroatoms. The van der Waals surface area contributed by atoms with Crippen molar-refractivity contribution < 1.29 is 39.0 Å². The maximum Gasteiger partial charge on any atom is 0.326 e. The van der Waals surface area contributed by atoms with Crippen LogP contribution in [0.2, 0.25) is 0 Å². The number of hydrogen-bond acceptors (Lipinski definition) is 9. The topological polar surface area (TPSA) is 295 Å². The Balaban J connectivity index is 5.49. The number of rotatable bonds is 20. The van der Waals surface area contributed by atoms with Crippen molar-refractivity contribution in [2.24, 2.45) is 27.9 Å². The monoisotopic (exact) mass is 562 g/mol. The van der Waals surface area contributed by atoms with Crippen LogP contribution >= 0.6 is 11.8 Å². The molecule has 13 N–H and O–H groups in total. The van der Waals surface area contributed by atoms with Crippen molar-refractivity contribution in [2.45, 2.75) is 69.1 Å². The average molecular weight is 563 g/mol. The number of carboxylic acid groups (broad SMARTS) is 2. The third-order valence-electron chi connectivity index (χ3n) is 5.12. The molecule has 0 aromatic rings. The number of thioether (sulfide) groups is 1. The molecule has 0 aliphatic rings. The van der Waals surface area contributed by atoms with E-state index in [0.717, 1.165) is 0 Å². The van der Waals surface area contributed by atoms with E-state index in [1.54, 1.807) is 6.26 Å². The summed E-state index contributed by atoms with van der Waals surface area (Å²) < 4.78 is 0. The Morgan fingerprint density at radius 3 is 1.84 bits per heavy atom. The molecular formula is C21H38N8O8S. The molecule has 0 heterocycles. The average Bonchev–Trinajstić information content (AvgIpc) is 2.83. The number of carboxylic acids is 2. The van der Waals surface area contributed by atoms with Crippen molar-refractivity contribution >= 4 is 53.3 Å². The molecule has 0 spiro atoms. The fourth-order valence-corrected chi connectivity index (χ4v) is 3.53. The van der Waals surface area contributed by atoms with Crippen molar-refractivity contribution in [3.63, 3.8) is 0 Å². The summed E-state index contributed by atoms with van der Waals surface area (Å²) in [5.74, 6) is -5.37. The lowest BCUT2D eigenvalue weighted by atomic mass is 10.1. The summed E-state index contributed by atoms with van der Waals surface area (Å²) in [4.78, 5) is 75.7. The van der Waals surface area contributed by atoms with Gasteiger partial charge in [0.05, 0.1) is 6.04 Å². The quantitative estimate of drug-likeness (QED) is 0.0402. The Morgan fingerprint density at radius 2 is 1.34 bits per heavy atom. The first-order valence-electron chi connectivity index (χ1n) is 11.7. The van der Waals surface area contributed by atoms with Gasteiger partial charge in [-0.25, -0.2) is 4.79 Å². The molecular weight excluding hydrogens is 524 g/mol. The standard InChI is InChI=1S/C21H38N8O8S/c1-38-10-8-13(19(35)29-14(20(36)37)3-2-9-26-21(24)25)28-18(34)12(5-7-16(31)32)27-17(33)11(22)4-6-15(23)30/h11-14H,2-10,22H2,1H3,(H2,23,30)(H,27,33)(H,28,34)(H,29,35)(H,31,32)(H,36,37)(H4,24,25,26). The first kappa shape index (κ1) is 34.4. The molecule has 0 rings (SSSR count). The highest BCUT2D eigenvalue weighted by atomic mass is 32.2. The van der Waals surface area contributed by atoms with Crippen molar-refractivity contribution in [1.82, 2.24) is 16.0 Å². The van der Waals surface area contributed by atoms with Crippen LogP contribution in [-0.4, -0.2) is 94.5 Å². The van der Waals surface area contributed by atoms with E-state index in [9.17, 15) is 33.9 Å². The lowest BCUT2D eigenvalue weighted by molar-refractivity contribution is -0.142. The van der Waals surface area contributed by atoms with Crippen LogP contribution in [0.5, 0.6) is 0 Å². The molecule has 0 aliphatic carbocycles. The van der Waals surface area contributed by atoms with Crippen LogP contribution in [0.4, 0.5) is 0 Å². The number of hydrogen-bond donors (Lipinski definition) is 9. The number of amides is 4. The van der Waals surface area contributed by atoms with Crippen molar-refractivity contribution in [2.75, 3.05) is 18.6 Å². The Kier molecular flexibility index (Phi) is 16.9. The Morgan fingerprint density at radius 1 is 0.789 bits per heavy atom. The minimum absolute atomic E-state index is 0.0154. The van der Waals surface area contributed by atoms with E-state index in [1.165, 1.54) is 11.8 Å². The molecule has 0 aromatic heterocycles. The Bertz CT molecular complexity index is 868. The van der Waals surface area contributed by atoms with E-state index >= 15 is 0 Å². The van der Waals surface area contributed by atoms with Gasteiger partial charge in [0.2, 0.25) is 23.6 Å². The third-order valence-corrected chi connectivity index (χ3v) is 5.77. The summed E-state index contributed by atoms with van der Waals surface area (Å²) >= 11 is 1.38. The number of nitrogens with zero attached hydrogens (tertiary/aromatic N) is 1. The second kappa shape index (κ2) is 18.6. The molecule has 38 heavy (non-hydrogen) atoms. The van der Waals surface area contributed by atoms with Gasteiger partial charge in [-0.15, -0.1) is 0 Å².